The van der Waals surface area contributed by atoms with Crippen molar-refractivity contribution >= 4 is 5.82 Å². The largest absolute Gasteiger partial charge is 0.456 e. The molecule has 98 valence electrons. The number of hydrogen-bond donors (Lipinski definition) is 1. The van der Waals surface area contributed by atoms with Gasteiger partial charge < -0.3 is 10.5 Å². The van der Waals surface area contributed by atoms with Gasteiger partial charge in [-0.2, -0.15) is 0 Å². The first-order chi connectivity index (χ1) is 9.81. The summed E-state index contributed by atoms with van der Waals surface area (Å²) in [5.41, 5.74) is 7.28. The van der Waals surface area contributed by atoms with Crippen LogP contribution in [0.4, 0.5) is 5.82 Å². The Morgan fingerprint density at radius 2 is 1.85 bits per heavy atom. The molecule has 0 aliphatic rings. The topological polar surface area (TPSA) is 73.9 Å². The van der Waals surface area contributed by atoms with Gasteiger partial charge in [-0.1, -0.05) is 0 Å². The maximum Gasteiger partial charge on any atom is 0.145 e. The molecular weight excluding hydrogens is 252 g/mol. The van der Waals surface area contributed by atoms with E-state index in [4.69, 9.17) is 10.5 Å². The fourth-order valence-electron chi connectivity index (χ4n) is 1.73. The number of aromatic nitrogens is 3. The van der Waals surface area contributed by atoms with Crippen molar-refractivity contribution in [3.05, 3.63) is 61.2 Å². The van der Waals surface area contributed by atoms with Gasteiger partial charge >= 0.3 is 0 Å². The molecule has 0 aromatic carbocycles. The lowest BCUT2D eigenvalue weighted by molar-refractivity contribution is 0.480. The Kier molecular flexibility index (Phi) is 3.24. The van der Waals surface area contributed by atoms with Gasteiger partial charge in [0.15, 0.2) is 0 Å². The zero-order chi connectivity index (χ0) is 13.8. The number of nitrogen functional groups attached to an aromatic ring is 1. The fourth-order valence-corrected chi connectivity index (χ4v) is 1.73. The molecule has 2 N–H and O–H groups in total. The summed E-state index contributed by atoms with van der Waals surface area (Å²) in [5.74, 6) is 1.77. The van der Waals surface area contributed by atoms with E-state index in [9.17, 15) is 0 Å². The Morgan fingerprint density at radius 3 is 2.60 bits per heavy atom. The zero-order valence-electron chi connectivity index (χ0n) is 10.6. The third kappa shape index (κ3) is 2.72. The van der Waals surface area contributed by atoms with Gasteiger partial charge in [-0.3, -0.25) is 9.97 Å². The van der Waals surface area contributed by atoms with Gasteiger partial charge in [0, 0.05) is 30.2 Å². The lowest BCUT2D eigenvalue weighted by Crippen LogP contribution is -1.91. The Balaban J connectivity index is 1.86. The van der Waals surface area contributed by atoms with E-state index in [-0.39, 0.29) is 0 Å². The van der Waals surface area contributed by atoms with Crippen molar-refractivity contribution in [2.24, 2.45) is 0 Å². The maximum atomic E-state index is 5.72. The number of nitrogens with zero attached hydrogens (tertiary/aromatic N) is 3. The Labute approximate surface area is 116 Å². The molecule has 0 aliphatic carbocycles. The van der Waals surface area contributed by atoms with Gasteiger partial charge in [-0.15, -0.1) is 0 Å². The number of rotatable bonds is 3. The van der Waals surface area contributed by atoms with Crippen molar-refractivity contribution in [1.29, 1.82) is 0 Å². The van der Waals surface area contributed by atoms with Crippen LogP contribution in [0, 0.1) is 0 Å². The summed E-state index contributed by atoms with van der Waals surface area (Å²) < 4.78 is 5.72. The van der Waals surface area contributed by atoms with Crippen molar-refractivity contribution in [2.75, 3.05) is 5.73 Å². The number of hydrogen-bond acceptors (Lipinski definition) is 5. The molecule has 0 fully saturated rings. The van der Waals surface area contributed by atoms with E-state index >= 15 is 0 Å². The minimum Gasteiger partial charge on any atom is -0.456 e. The lowest BCUT2D eigenvalue weighted by Gasteiger charge is -2.07. The predicted octanol–water partition coefficient (Wildman–Crippen LogP) is 2.91. The summed E-state index contributed by atoms with van der Waals surface area (Å²) in [4.78, 5) is 12.4. The molecule has 3 rings (SSSR count). The summed E-state index contributed by atoms with van der Waals surface area (Å²) in [6.07, 6.45) is 6.77. The molecule has 0 radical (unpaired) electrons. The van der Waals surface area contributed by atoms with Crippen molar-refractivity contribution in [1.82, 2.24) is 15.0 Å². The van der Waals surface area contributed by atoms with Crippen LogP contribution in [-0.2, 0) is 0 Å². The number of pyridine rings is 3. The molecular formula is C15H12N4O. The van der Waals surface area contributed by atoms with Gasteiger partial charge in [-0.05, 0) is 30.3 Å². The molecule has 0 aliphatic heterocycles. The van der Waals surface area contributed by atoms with Crippen LogP contribution in [0.25, 0.3) is 11.3 Å². The van der Waals surface area contributed by atoms with Crippen LogP contribution >= 0.6 is 0 Å². The number of anilines is 1. The normalized spacial score (nSPS) is 10.2. The van der Waals surface area contributed by atoms with Crippen molar-refractivity contribution < 1.29 is 4.74 Å². The minimum atomic E-state index is 0.461. The quantitative estimate of drug-likeness (QED) is 0.787. The molecule has 3 aromatic rings. The highest BCUT2D eigenvalue weighted by molar-refractivity contribution is 5.59. The number of nitrogens with two attached hydrogens (primary N) is 1. The highest BCUT2D eigenvalue weighted by atomic mass is 16.5. The average molecular weight is 264 g/mol. The van der Waals surface area contributed by atoms with Crippen LogP contribution in [0.5, 0.6) is 11.5 Å². The smallest absolute Gasteiger partial charge is 0.145 e. The first-order valence-corrected chi connectivity index (χ1v) is 6.07. The van der Waals surface area contributed by atoms with E-state index in [2.05, 4.69) is 15.0 Å². The lowest BCUT2D eigenvalue weighted by atomic mass is 10.2. The monoisotopic (exact) mass is 264 g/mol. The van der Waals surface area contributed by atoms with Crippen LogP contribution in [-0.4, -0.2) is 15.0 Å². The molecule has 0 unspecified atom stereocenters. The molecule has 0 spiro atoms. The maximum absolute atomic E-state index is 5.72. The Morgan fingerprint density at radius 1 is 0.900 bits per heavy atom. The molecule has 0 amide bonds. The molecule has 3 heterocycles. The van der Waals surface area contributed by atoms with Gasteiger partial charge in [0.1, 0.15) is 17.3 Å². The van der Waals surface area contributed by atoms with E-state index in [0.29, 0.717) is 17.3 Å². The van der Waals surface area contributed by atoms with Crippen molar-refractivity contribution in [2.45, 2.75) is 0 Å². The second-order valence-corrected chi connectivity index (χ2v) is 4.14. The standard InChI is InChI=1S/C15H12N4O/c16-15-4-3-13(10-19-15)20-12-5-7-18-14(8-12)11-2-1-6-17-9-11/h1-10H,(H2,16,19). The third-order valence-electron chi connectivity index (χ3n) is 2.68. The highest BCUT2D eigenvalue weighted by Crippen LogP contribution is 2.24. The summed E-state index contributed by atoms with van der Waals surface area (Å²) in [5, 5.41) is 0. The van der Waals surface area contributed by atoms with Crippen LogP contribution in [0.2, 0.25) is 0 Å². The minimum absolute atomic E-state index is 0.461. The molecule has 3 aromatic heterocycles. The van der Waals surface area contributed by atoms with Crippen LogP contribution in [0.1, 0.15) is 0 Å². The second kappa shape index (κ2) is 5.36. The van der Waals surface area contributed by atoms with Crippen LogP contribution in [0.15, 0.2) is 61.2 Å². The van der Waals surface area contributed by atoms with E-state index in [1.807, 2.05) is 18.2 Å². The van der Waals surface area contributed by atoms with Gasteiger partial charge in [0.2, 0.25) is 0 Å². The van der Waals surface area contributed by atoms with Gasteiger partial charge in [0.25, 0.3) is 0 Å². The Bertz CT molecular complexity index is 699. The average Bonchev–Trinajstić information content (AvgIpc) is 2.51. The van der Waals surface area contributed by atoms with Crippen LogP contribution < -0.4 is 10.5 Å². The molecule has 0 bridgehead atoms. The second-order valence-electron chi connectivity index (χ2n) is 4.14. The Hall–Kier alpha value is -2.95. The van der Waals surface area contributed by atoms with Gasteiger partial charge in [-0.25, -0.2) is 4.98 Å². The summed E-state index contributed by atoms with van der Waals surface area (Å²) >= 11 is 0. The predicted molar refractivity (Wildman–Crippen MR) is 76.2 cm³/mol. The summed E-state index contributed by atoms with van der Waals surface area (Å²) in [6, 6.07) is 10.9. The molecule has 20 heavy (non-hydrogen) atoms. The summed E-state index contributed by atoms with van der Waals surface area (Å²) in [7, 11) is 0. The molecule has 0 saturated heterocycles. The van der Waals surface area contributed by atoms with Crippen molar-refractivity contribution in [3.63, 3.8) is 0 Å². The van der Waals surface area contributed by atoms with E-state index in [0.717, 1.165) is 11.3 Å². The SMILES string of the molecule is Nc1ccc(Oc2ccnc(-c3cccnc3)c2)cn1. The highest BCUT2D eigenvalue weighted by Gasteiger charge is 2.03. The van der Waals surface area contributed by atoms with Crippen molar-refractivity contribution in [3.8, 4) is 22.8 Å². The first kappa shape index (κ1) is 12.1. The first-order valence-electron chi connectivity index (χ1n) is 6.07. The fraction of sp³-hybridized carbons (Fsp3) is 0. The van der Waals surface area contributed by atoms with E-state index in [1.165, 1.54) is 0 Å². The molecule has 0 atom stereocenters. The third-order valence-corrected chi connectivity index (χ3v) is 2.68. The van der Waals surface area contributed by atoms with Gasteiger partial charge in [0.05, 0.1) is 11.9 Å². The molecule has 0 saturated carbocycles. The van der Waals surface area contributed by atoms with E-state index in [1.54, 1.807) is 43.0 Å². The molecule has 5 nitrogen and oxygen atoms in total. The summed E-state index contributed by atoms with van der Waals surface area (Å²) in [6.45, 7) is 0. The zero-order valence-corrected chi connectivity index (χ0v) is 10.6. The number of ether oxygens (including phenoxy) is 1. The van der Waals surface area contributed by atoms with E-state index < -0.39 is 0 Å². The van der Waals surface area contributed by atoms with Crippen LogP contribution in [0.3, 0.4) is 0 Å². The molecule has 5 heteroatoms.